The fraction of sp³-hybridized carbons (Fsp3) is 0.636. The Morgan fingerprint density at radius 1 is 1.30 bits per heavy atom. The van der Waals surface area contributed by atoms with Gasteiger partial charge < -0.3 is 15.5 Å². The summed E-state index contributed by atoms with van der Waals surface area (Å²) in [5, 5.41) is 6.84. The Morgan fingerprint density at radius 3 is 2.52 bits per heavy atom. The SMILES string of the molecule is CCC(C)(C)c1ccc(CNC(=NC)NC2CCN(C(=O)C(C)C)C2)cc1. The van der Waals surface area contributed by atoms with Crippen LogP contribution in [0.2, 0.25) is 0 Å². The molecule has 1 unspecified atom stereocenters. The van der Waals surface area contributed by atoms with Gasteiger partial charge in [0.1, 0.15) is 0 Å². The highest BCUT2D eigenvalue weighted by molar-refractivity contribution is 5.81. The molecule has 27 heavy (non-hydrogen) atoms. The fourth-order valence-corrected chi connectivity index (χ4v) is 3.30. The molecule has 1 amide bonds. The largest absolute Gasteiger partial charge is 0.352 e. The maximum Gasteiger partial charge on any atom is 0.225 e. The minimum absolute atomic E-state index is 0.0573. The van der Waals surface area contributed by atoms with Crippen LogP contribution < -0.4 is 10.6 Å². The van der Waals surface area contributed by atoms with E-state index in [0.29, 0.717) is 0 Å². The van der Waals surface area contributed by atoms with E-state index in [9.17, 15) is 4.79 Å². The second-order valence-corrected chi connectivity index (χ2v) is 8.43. The van der Waals surface area contributed by atoms with E-state index in [1.165, 1.54) is 11.1 Å². The minimum Gasteiger partial charge on any atom is -0.352 e. The smallest absolute Gasteiger partial charge is 0.225 e. The second-order valence-electron chi connectivity index (χ2n) is 8.43. The van der Waals surface area contributed by atoms with Gasteiger partial charge in [-0.1, -0.05) is 58.9 Å². The van der Waals surface area contributed by atoms with Crippen molar-refractivity contribution in [2.75, 3.05) is 20.1 Å². The van der Waals surface area contributed by atoms with Crippen LogP contribution >= 0.6 is 0 Å². The van der Waals surface area contributed by atoms with Gasteiger partial charge in [0.05, 0.1) is 0 Å². The van der Waals surface area contributed by atoms with Gasteiger partial charge >= 0.3 is 0 Å². The molecule has 0 aromatic heterocycles. The minimum atomic E-state index is 0.0573. The number of hydrogen-bond acceptors (Lipinski definition) is 2. The van der Waals surface area contributed by atoms with Gasteiger partial charge in [0, 0.05) is 38.6 Å². The fourth-order valence-electron chi connectivity index (χ4n) is 3.30. The number of rotatable bonds is 6. The van der Waals surface area contributed by atoms with Crippen molar-refractivity contribution in [3.05, 3.63) is 35.4 Å². The van der Waals surface area contributed by atoms with E-state index in [2.05, 4.69) is 60.7 Å². The molecular weight excluding hydrogens is 336 g/mol. The molecule has 5 heteroatoms. The molecule has 1 aliphatic rings. The standard InChI is InChI=1S/C22H36N4O/c1-7-22(4,5)18-10-8-17(9-11-18)14-24-21(23-6)25-19-12-13-26(15-19)20(27)16(2)3/h8-11,16,19H,7,12-15H2,1-6H3,(H2,23,24,25). The Balaban J connectivity index is 1.85. The van der Waals surface area contributed by atoms with Crippen LogP contribution in [0.1, 0.15) is 58.6 Å². The Bertz CT molecular complexity index is 649. The van der Waals surface area contributed by atoms with Gasteiger partial charge in [-0.3, -0.25) is 9.79 Å². The van der Waals surface area contributed by atoms with Crippen molar-refractivity contribution in [1.29, 1.82) is 0 Å². The number of nitrogens with zero attached hydrogens (tertiary/aromatic N) is 2. The zero-order chi connectivity index (χ0) is 20.0. The van der Waals surface area contributed by atoms with Crippen molar-refractivity contribution < 1.29 is 4.79 Å². The molecule has 5 nitrogen and oxygen atoms in total. The van der Waals surface area contributed by atoms with Gasteiger partial charge in [0.25, 0.3) is 0 Å². The molecule has 1 fully saturated rings. The van der Waals surface area contributed by atoms with Crippen LogP contribution in [0.3, 0.4) is 0 Å². The van der Waals surface area contributed by atoms with Crippen LogP contribution in [0.15, 0.2) is 29.3 Å². The van der Waals surface area contributed by atoms with Crippen molar-refractivity contribution in [1.82, 2.24) is 15.5 Å². The number of benzene rings is 1. The molecule has 0 saturated carbocycles. The zero-order valence-electron chi connectivity index (χ0n) is 17.8. The predicted octanol–water partition coefficient (Wildman–Crippen LogP) is 3.30. The van der Waals surface area contributed by atoms with Crippen LogP contribution in [0, 0.1) is 5.92 Å². The van der Waals surface area contributed by atoms with Crippen LogP contribution in [0.5, 0.6) is 0 Å². The first kappa shape index (κ1) is 21.3. The summed E-state index contributed by atoms with van der Waals surface area (Å²) >= 11 is 0. The molecule has 150 valence electrons. The third kappa shape index (κ3) is 5.72. The maximum absolute atomic E-state index is 12.1. The number of amides is 1. The zero-order valence-corrected chi connectivity index (χ0v) is 17.8. The molecule has 1 aromatic rings. The number of likely N-dealkylation sites (tertiary alicyclic amines) is 1. The molecule has 1 heterocycles. The maximum atomic E-state index is 12.1. The van der Waals surface area contributed by atoms with E-state index in [4.69, 9.17) is 0 Å². The summed E-state index contributed by atoms with van der Waals surface area (Å²) in [6.45, 7) is 13.0. The third-order valence-electron chi connectivity index (χ3n) is 5.64. The van der Waals surface area contributed by atoms with Gasteiger partial charge in [-0.15, -0.1) is 0 Å². The molecule has 1 atom stereocenters. The lowest BCUT2D eigenvalue weighted by Crippen LogP contribution is -2.45. The number of carbonyl (C=O) groups excluding carboxylic acids is 1. The summed E-state index contributed by atoms with van der Waals surface area (Å²) in [5.41, 5.74) is 2.82. The molecule has 2 rings (SSSR count). The number of aliphatic imine (C=N–C) groups is 1. The van der Waals surface area contributed by atoms with E-state index in [-0.39, 0.29) is 23.3 Å². The average molecular weight is 373 g/mol. The molecule has 0 aliphatic carbocycles. The number of hydrogen-bond donors (Lipinski definition) is 2. The lowest BCUT2D eigenvalue weighted by molar-refractivity contribution is -0.133. The van der Waals surface area contributed by atoms with Crippen molar-refractivity contribution in [3.8, 4) is 0 Å². The number of carbonyl (C=O) groups is 1. The van der Waals surface area contributed by atoms with E-state index in [1.54, 1.807) is 7.05 Å². The number of nitrogens with one attached hydrogen (secondary N) is 2. The predicted molar refractivity (Wildman–Crippen MR) is 113 cm³/mol. The van der Waals surface area contributed by atoms with Crippen LogP contribution in [-0.4, -0.2) is 42.9 Å². The van der Waals surface area contributed by atoms with Crippen LogP contribution in [-0.2, 0) is 16.8 Å². The molecule has 1 aromatic carbocycles. The molecule has 0 bridgehead atoms. The summed E-state index contributed by atoms with van der Waals surface area (Å²) < 4.78 is 0. The molecule has 1 aliphatic heterocycles. The Labute approximate surface area is 164 Å². The van der Waals surface area contributed by atoms with Crippen LogP contribution in [0.4, 0.5) is 0 Å². The summed E-state index contributed by atoms with van der Waals surface area (Å²) in [6.07, 6.45) is 2.08. The van der Waals surface area contributed by atoms with Crippen molar-refractivity contribution in [2.24, 2.45) is 10.9 Å². The third-order valence-corrected chi connectivity index (χ3v) is 5.64. The average Bonchev–Trinajstić information content (AvgIpc) is 3.13. The summed E-state index contributed by atoms with van der Waals surface area (Å²) in [7, 11) is 1.79. The lowest BCUT2D eigenvalue weighted by atomic mass is 9.82. The topological polar surface area (TPSA) is 56.7 Å². The van der Waals surface area contributed by atoms with Gasteiger partial charge in [0.2, 0.25) is 5.91 Å². The molecular formula is C22H36N4O. The van der Waals surface area contributed by atoms with Crippen LogP contribution in [0.25, 0.3) is 0 Å². The van der Waals surface area contributed by atoms with Gasteiger partial charge in [-0.05, 0) is 29.4 Å². The summed E-state index contributed by atoms with van der Waals surface area (Å²) in [5.74, 6) is 1.08. The Kier molecular flexibility index (Phi) is 7.28. The van der Waals surface area contributed by atoms with Gasteiger partial charge in [0.15, 0.2) is 5.96 Å². The summed E-state index contributed by atoms with van der Waals surface area (Å²) in [4.78, 5) is 18.4. The molecule has 1 saturated heterocycles. The Morgan fingerprint density at radius 2 is 1.96 bits per heavy atom. The lowest BCUT2D eigenvalue weighted by Gasteiger charge is -2.23. The molecule has 2 N–H and O–H groups in total. The van der Waals surface area contributed by atoms with Crippen molar-refractivity contribution in [3.63, 3.8) is 0 Å². The van der Waals surface area contributed by atoms with Crippen molar-refractivity contribution in [2.45, 2.75) is 65.5 Å². The monoisotopic (exact) mass is 372 g/mol. The van der Waals surface area contributed by atoms with Crippen molar-refractivity contribution >= 4 is 11.9 Å². The van der Waals surface area contributed by atoms with E-state index in [1.807, 2.05) is 18.7 Å². The van der Waals surface area contributed by atoms with Gasteiger partial charge in [-0.25, -0.2) is 0 Å². The highest BCUT2D eigenvalue weighted by Gasteiger charge is 2.27. The number of guanidine groups is 1. The van der Waals surface area contributed by atoms with E-state index in [0.717, 1.165) is 38.4 Å². The molecule has 0 radical (unpaired) electrons. The quantitative estimate of drug-likeness (QED) is 0.595. The summed E-state index contributed by atoms with van der Waals surface area (Å²) in [6, 6.07) is 9.08. The highest BCUT2D eigenvalue weighted by atomic mass is 16.2. The molecule has 0 spiro atoms. The normalized spacial score (nSPS) is 18.1. The van der Waals surface area contributed by atoms with E-state index >= 15 is 0 Å². The van der Waals surface area contributed by atoms with E-state index < -0.39 is 0 Å². The van der Waals surface area contributed by atoms with Gasteiger partial charge in [-0.2, -0.15) is 0 Å². The first-order valence-corrected chi connectivity index (χ1v) is 10.1. The second kappa shape index (κ2) is 9.25. The first-order valence-electron chi connectivity index (χ1n) is 10.1. The Hall–Kier alpha value is -2.04. The first-order chi connectivity index (χ1) is 12.8. The highest BCUT2D eigenvalue weighted by Crippen LogP contribution is 2.26.